The van der Waals surface area contributed by atoms with Crippen LogP contribution in [0.25, 0.3) is 10.9 Å². The first-order valence-corrected chi connectivity index (χ1v) is 4.94. The number of nitrogens with zero attached hydrogens (tertiary/aromatic N) is 1. The highest BCUT2D eigenvalue weighted by molar-refractivity contribution is 6.38. The topological polar surface area (TPSA) is 39.2 Å². The van der Waals surface area contributed by atoms with Crippen LogP contribution in [-0.4, -0.2) is 18.1 Å². The molecule has 0 radical (unpaired) electrons. The second-order valence-electron chi connectivity index (χ2n) is 3.26. The van der Waals surface area contributed by atoms with E-state index in [4.69, 9.17) is 11.6 Å². The first kappa shape index (κ1) is 11.7. The van der Waals surface area contributed by atoms with Crippen molar-refractivity contribution >= 4 is 28.5 Å². The number of methoxy groups -OCH3 is 1. The molecule has 1 heterocycles. The molecule has 17 heavy (non-hydrogen) atoms. The number of carbonyl (C=O) groups excluding carboxylic acids is 1. The normalized spacial score (nSPS) is 10.6. The van der Waals surface area contributed by atoms with E-state index in [0.29, 0.717) is 6.07 Å². The standard InChI is InChI=1S/C11H6ClF2NO2/c1-17-11(16)7-4-15-10-6(9(7)12)2-5(13)3-8(10)14/h2-4H,1H3. The van der Waals surface area contributed by atoms with E-state index in [1.54, 1.807) is 0 Å². The van der Waals surface area contributed by atoms with Gasteiger partial charge in [0, 0.05) is 17.6 Å². The smallest absolute Gasteiger partial charge is 0.340 e. The molecule has 0 saturated heterocycles. The number of fused-ring (bicyclic) bond motifs is 1. The van der Waals surface area contributed by atoms with Gasteiger partial charge >= 0.3 is 5.97 Å². The minimum absolute atomic E-state index is 0.0343. The molecule has 0 saturated carbocycles. The van der Waals surface area contributed by atoms with Gasteiger partial charge in [-0.05, 0) is 6.07 Å². The number of ether oxygens (including phenoxy) is 1. The van der Waals surface area contributed by atoms with Gasteiger partial charge in [0.15, 0.2) is 5.82 Å². The lowest BCUT2D eigenvalue weighted by atomic mass is 10.1. The zero-order valence-corrected chi connectivity index (χ0v) is 9.39. The van der Waals surface area contributed by atoms with Crippen LogP contribution in [0, 0.1) is 11.6 Å². The van der Waals surface area contributed by atoms with Crippen LogP contribution in [0.1, 0.15) is 10.4 Å². The summed E-state index contributed by atoms with van der Waals surface area (Å²) in [4.78, 5) is 15.0. The largest absolute Gasteiger partial charge is 0.465 e. The summed E-state index contributed by atoms with van der Waals surface area (Å²) in [5.41, 5.74) is -0.129. The van der Waals surface area contributed by atoms with E-state index in [9.17, 15) is 13.6 Å². The number of benzene rings is 1. The fraction of sp³-hybridized carbons (Fsp3) is 0.0909. The summed E-state index contributed by atoms with van der Waals surface area (Å²) < 4.78 is 30.9. The molecule has 6 heteroatoms. The van der Waals surface area contributed by atoms with E-state index >= 15 is 0 Å². The summed E-state index contributed by atoms with van der Waals surface area (Å²) in [5.74, 6) is -2.34. The Morgan fingerprint density at radius 2 is 2.12 bits per heavy atom. The third kappa shape index (κ3) is 1.93. The maximum atomic E-state index is 13.4. The molecule has 1 aromatic carbocycles. The lowest BCUT2D eigenvalue weighted by Crippen LogP contribution is -2.04. The fourth-order valence-electron chi connectivity index (χ4n) is 1.45. The van der Waals surface area contributed by atoms with Crippen LogP contribution in [0.15, 0.2) is 18.3 Å². The lowest BCUT2D eigenvalue weighted by Gasteiger charge is -2.06. The van der Waals surface area contributed by atoms with Crippen molar-refractivity contribution in [3.63, 3.8) is 0 Å². The molecule has 0 atom stereocenters. The zero-order chi connectivity index (χ0) is 12.6. The number of carbonyl (C=O) groups is 1. The van der Waals surface area contributed by atoms with Crippen molar-refractivity contribution in [3.05, 3.63) is 40.6 Å². The summed E-state index contributed by atoms with van der Waals surface area (Å²) in [5, 5.41) is -0.0488. The Labute approximate surface area is 100.0 Å². The minimum Gasteiger partial charge on any atom is -0.465 e. The van der Waals surface area contributed by atoms with Crippen molar-refractivity contribution in [2.75, 3.05) is 7.11 Å². The predicted molar refractivity (Wildman–Crippen MR) is 58.0 cm³/mol. The van der Waals surface area contributed by atoms with Crippen LogP contribution >= 0.6 is 11.6 Å². The summed E-state index contributed by atoms with van der Waals surface area (Å²) >= 11 is 5.88. The molecule has 0 N–H and O–H groups in total. The Morgan fingerprint density at radius 3 is 2.76 bits per heavy atom. The molecular weight excluding hydrogens is 252 g/mol. The molecular formula is C11H6ClF2NO2. The second kappa shape index (κ2) is 4.25. The zero-order valence-electron chi connectivity index (χ0n) is 8.63. The van der Waals surface area contributed by atoms with Crippen molar-refractivity contribution in [2.45, 2.75) is 0 Å². The molecule has 2 aromatic rings. The summed E-state index contributed by atoms with van der Waals surface area (Å²) in [7, 11) is 1.18. The SMILES string of the molecule is COC(=O)c1cnc2c(F)cc(F)cc2c1Cl. The number of hydrogen-bond donors (Lipinski definition) is 0. The van der Waals surface area contributed by atoms with E-state index in [-0.39, 0.29) is 21.5 Å². The van der Waals surface area contributed by atoms with Gasteiger partial charge in [-0.1, -0.05) is 11.6 Å². The highest BCUT2D eigenvalue weighted by atomic mass is 35.5. The van der Waals surface area contributed by atoms with Crippen molar-refractivity contribution in [1.82, 2.24) is 4.98 Å². The number of aromatic nitrogens is 1. The van der Waals surface area contributed by atoms with E-state index in [1.165, 1.54) is 7.11 Å². The molecule has 0 fully saturated rings. The monoisotopic (exact) mass is 257 g/mol. The van der Waals surface area contributed by atoms with Gasteiger partial charge in [0.05, 0.1) is 17.7 Å². The molecule has 0 amide bonds. The van der Waals surface area contributed by atoms with Crippen LogP contribution in [0.3, 0.4) is 0 Å². The van der Waals surface area contributed by atoms with E-state index in [1.807, 2.05) is 0 Å². The average molecular weight is 258 g/mol. The predicted octanol–water partition coefficient (Wildman–Crippen LogP) is 2.95. The highest BCUT2D eigenvalue weighted by Gasteiger charge is 2.16. The lowest BCUT2D eigenvalue weighted by molar-refractivity contribution is 0.0600. The molecule has 1 aromatic heterocycles. The first-order chi connectivity index (χ1) is 8.04. The minimum atomic E-state index is -0.835. The van der Waals surface area contributed by atoms with Gasteiger partial charge in [0.1, 0.15) is 11.3 Å². The number of hydrogen-bond acceptors (Lipinski definition) is 3. The maximum absolute atomic E-state index is 13.4. The quantitative estimate of drug-likeness (QED) is 0.738. The van der Waals surface area contributed by atoms with Crippen LogP contribution in [0.2, 0.25) is 5.02 Å². The number of halogens is 3. The molecule has 88 valence electrons. The molecule has 0 spiro atoms. The molecule has 0 unspecified atom stereocenters. The fourth-order valence-corrected chi connectivity index (χ4v) is 1.72. The molecule has 0 aliphatic rings. The molecule has 3 nitrogen and oxygen atoms in total. The van der Waals surface area contributed by atoms with Crippen LogP contribution in [0.5, 0.6) is 0 Å². The van der Waals surface area contributed by atoms with Gasteiger partial charge in [-0.2, -0.15) is 0 Å². The third-order valence-corrected chi connectivity index (χ3v) is 2.64. The van der Waals surface area contributed by atoms with Crippen LogP contribution in [-0.2, 0) is 4.74 Å². The Morgan fingerprint density at radius 1 is 1.41 bits per heavy atom. The Balaban J connectivity index is 2.79. The maximum Gasteiger partial charge on any atom is 0.340 e. The van der Waals surface area contributed by atoms with E-state index in [0.717, 1.165) is 12.3 Å². The Hall–Kier alpha value is -1.75. The van der Waals surface area contributed by atoms with Crippen molar-refractivity contribution in [2.24, 2.45) is 0 Å². The summed E-state index contributed by atoms with van der Waals surface area (Å²) in [6.07, 6.45) is 1.09. The van der Waals surface area contributed by atoms with E-state index < -0.39 is 17.6 Å². The summed E-state index contributed by atoms with van der Waals surface area (Å²) in [6.45, 7) is 0. The van der Waals surface area contributed by atoms with Gasteiger partial charge in [-0.15, -0.1) is 0 Å². The van der Waals surface area contributed by atoms with Crippen molar-refractivity contribution < 1.29 is 18.3 Å². The van der Waals surface area contributed by atoms with Gasteiger partial charge < -0.3 is 4.74 Å². The van der Waals surface area contributed by atoms with E-state index in [2.05, 4.69) is 9.72 Å². The van der Waals surface area contributed by atoms with Crippen molar-refractivity contribution in [1.29, 1.82) is 0 Å². The van der Waals surface area contributed by atoms with Crippen LogP contribution < -0.4 is 0 Å². The summed E-state index contributed by atoms with van der Waals surface area (Å²) in [6, 6.07) is 1.71. The highest BCUT2D eigenvalue weighted by Crippen LogP contribution is 2.28. The number of esters is 1. The van der Waals surface area contributed by atoms with Gasteiger partial charge in [0.2, 0.25) is 0 Å². The Bertz CT molecular complexity index is 616. The Kier molecular flexibility index (Phi) is 2.93. The van der Waals surface area contributed by atoms with Gasteiger partial charge in [-0.25, -0.2) is 13.6 Å². The molecule has 0 aliphatic heterocycles. The molecule has 0 bridgehead atoms. The van der Waals surface area contributed by atoms with Gasteiger partial charge in [-0.3, -0.25) is 4.98 Å². The van der Waals surface area contributed by atoms with Gasteiger partial charge in [0.25, 0.3) is 0 Å². The van der Waals surface area contributed by atoms with Crippen LogP contribution in [0.4, 0.5) is 8.78 Å². The molecule has 0 aliphatic carbocycles. The first-order valence-electron chi connectivity index (χ1n) is 4.56. The number of pyridine rings is 1. The van der Waals surface area contributed by atoms with Crippen molar-refractivity contribution in [3.8, 4) is 0 Å². The average Bonchev–Trinajstić information content (AvgIpc) is 2.29. The second-order valence-corrected chi connectivity index (χ2v) is 3.64. The molecule has 2 rings (SSSR count). The number of rotatable bonds is 1. The third-order valence-electron chi connectivity index (χ3n) is 2.23.